The van der Waals surface area contributed by atoms with Crippen LogP contribution in [-0.2, 0) is 4.79 Å². The van der Waals surface area contributed by atoms with Crippen molar-refractivity contribution in [1.82, 2.24) is 10.6 Å². The van der Waals surface area contributed by atoms with Crippen molar-refractivity contribution in [2.45, 2.75) is 30.9 Å². The normalized spacial score (nSPS) is 15.6. The molecule has 120 valence electrons. The van der Waals surface area contributed by atoms with Crippen LogP contribution >= 0.6 is 23.5 Å². The van der Waals surface area contributed by atoms with Crippen molar-refractivity contribution in [1.29, 1.82) is 0 Å². The smallest absolute Gasteiger partial charge is 0.251 e. The zero-order valence-electron chi connectivity index (χ0n) is 12.9. The van der Waals surface area contributed by atoms with Crippen molar-refractivity contribution in [3.05, 3.63) is 35.4 Å². The van der Waals surface area contributed by atoms with E-state index in [1.165, 1.54) is 23.5 Å². The van der Waals surface area contributed by atoms with Gasteiger partial charge in [-0.25, -0.2) is 0 Å². The third kappa shape index (κ3) is 5.25. The third-order valence-corrected chi connectivity index (χ3v) is 6.15. The molecule has 0 spiro atoms. The van der Waals surface area contributed by atoms with Crippen molar-refractivity contribution in [3.63, 3.8) is 0 Å². The van der Waals surface area contributed by atoms with Crippen LogP contribution in [-0.4, -0.2) is 35.9 Å². The Balaban J connectivity index is 1.86. The first-order valence-corrected chi connectivity index (χ1v) is 9.57. The maximum atomic E-state index is 12.0. The fourth-order valence-electron chi connectivity index (χ4n) is 2.11. The fraction of sp³-hybridized carbons (Fsp3) is 0.500. The number of carbonyl (C=O) groups is 2. The lowest BCUT2D eigenvalue weighted by molar-refractivity contribution is -0.120. The quantitative estimate of drug-likeness (QED) is 0.867. The van der Waals surface area contributed by atoms with E-state index in [4.69, 9.17) is 0 Å². The molecule has 0 saturated carbocycles. The van der Waals surface area contributed by atoms with E-state index in [1.54, 1.807) is 0 Å². The number of hydrogen-bond donors (Lipinski definition) is 2. The summed E-state index contributed by atoms with van der Waals surface area (Å²) in [6, 6.07) is 7.77. The summed E-state index contributed by atoms with van der Waals surface area (Å²) in [6.07, 6.45) is 1.27. The molecule has 0 radical (unpaired) electrons. The number of amides is 2. The maximum absolute atomic E-state index is 12.0. The highest BCUT2D eigenvalue weighted by Gasteiger charge is 2.17. The van der Waals surface area contributed by atoms with Gasteiger partial charge in [0, 0.05) is 11.6 Å². The lowest BCUT2D eigenvalue weighted by atomic mass is 10.1. The molecule has 4 nitrogen and oxygen atoms in total. The van der Waals surface area contributed by atoms with Gasteiger partial charge in [-0.15, -0.1) is 23.5 Å². The summed E-state index contributed by atoms with van der Waals surface area (Å²) < 4.78 is 0.475. The highest BCUT2D eigenvalue weighted by Crippen LogP contribution is 2.43. The van der Waals surface area contributed by atoms with Crippen LogP contribution in [0.2, 0.25) is 0 Å². The molecule has 0 bridgehead atoms. The summed E-state index contributed by atoms with van der Waals surface area (Å²) in [7, 11) is 0. The van der Waals surface area contributed by atoms with Gasteiger partial charge >= 0.3 is 0 Å². The highest BCUT2D eigenvalue weighted by atomic mass is 32.2. The van der Waals surface area contributed by atoms with Gasteiger partial charge in [0.2, 0.25) is 5.91 Å². The molecule has 0 unspecified atom stereocenters. The van der Waals surface area contributed by atoms with E-state index in [0.29, 0.717) is 10.1 Å². The van der Waals surface area contributed by atoms with E-state index in [2.05, 4.69) is 10.6 Å². The second-order valence-corrected chi connectivity index (χ2v) is 8.18. The first kappa shape index (κ1) is 17.2. The number of nitrogens with one attached hydrogen (secondary N) is 2. The summed E-state index contributed by atoms with van der Waals surface area (Å²) in [4.78, 5) is 23.5. The molecule has 0 aromatic heterocycles. The van der Waals surface area contributed by atoms with E-state index in [9.17, 15) is 9.59 Å². The van der Waals surface area contributed by atoms with Gasteiger partial charge < -0.3 is 10.6 Å². The van der Waals surface area contributed by atoms with Gasteiger partial charge in [-0.2, -0.15) is 0 Å². The van der Waals surface area contributed by atoms with Crippen LogP contribution < -0.4 is 10.6 Å². The average molecular weight is 338 g/mol. The van der Waals surface area contributed by atoms with Crippen LogP contribution in [0.3, 0.4) is 0 Å². The Labute approximate surface area is 140 Å². The van der Waals surface area contributed by atoms with Gasteiger partial charge in [0.25, 0.3) is 5.91 Å². The van der Waals surface area contributed by atoms with E-state index >= 15 is 0 Å². The minimum Gasteiger partial charge on any atom is -0.352 e. The molecule has 2 amide bonds. The minimum atomic E-state index is -0.214. The van der Waals surface area contributed by atoms with E-state index in [0.717, 1.165) is 0 Å². The van der Waals surface area contributed by atoms with Gasteiger partial charge in [0.05, 0.1) is 11.1 Å². The van der Waals surface area contributed by atoms with Crippen LogP contribution in [0.15, 0.2) is 24.3 Å². The molecule has 22 heavy (non-hydrogen) atoms. The molecule has 1 fully saturated rings. The third-order valence-electron chi connectivity index (χ3n) is 3.13. The zero-order chi connectivity index (χ0) is 15.9. The molecule has 1 aliphatic rings. The van der Waals surface area contributed by atoms with Crippen molar-refractivity contribution >= 4 is 35.3 Å². The average Bonchev–Trinajstić information content (AvgIpc) is 2.53. The minimum absolute atomic E-state index is 0.00704. The Bertz CT molecular complexity index is 511. The molecule has 1 aromatic carbocycles. The number of rotatable bonds is 5. The van der Waals surface area contributed by atoms with Crippen LogP contribution in [0, 0.1) is 0 Å². The maximum Gasteiger partial charge on any atom is 0.251 e. The second kappa shape index (κ2) is 8.48. The van der Waals surface area contributed by atoms with Gasteiger partial charge in [0.1, 0.15) is 0 Å². The fourth-order valence-corrected chi connectivity index (χ4v) is 5.00. The van der Waals surface area contributed by atoms with Crippen molar-refractivity contribution in [2.24, 2.45) is 0 Å². The standard InChI is InChI=1S/C16H22N2O2S2/c1-11(2)18-14(19)10-17-15(20)12-4-6-13(7-5-12)16-21-8-3-9-22-16/h4-7,11,16H,3,8-10H2,1-2H3,(H,17,20)(H,18,19). The Morgan fingerprint density at radius 3 is 2.41 bits per heavy atom. The summed E-state index contributed by atoms with van der Waals surface area (Å²) in [5, 5.41) is 5.38. The SMILES string of the molecule is CC(C)NC(=O)CNC(=O)c1ccc(C2SCCCS2)cc1. The summed E-state index contributed by atoms with van der Waals surface area (Å²) >= 11 is 3.92. The number of hydrogen-bond acceptors (Lipinski definition) is 4. The molecular weight excluding hydrogens is 316 g/mol. The van der Waals surface area contributed by atoms with E-state index in [-0.39, 0.29) is 24.4 Å². The molecular formula is C16H22N2O2S2. The number of thioether (sulfide) groups is 2. The van der Waals surface area contributed by atoms with Crippen molar-refractivity contribution in [2.75, 3.05) is 18.1 Å². The topological polar surface area (TPSA) is 58.2 Å². The summed E-state index contributed by atoms with van der Waals surface area (Å²) in [5.74, 6) is 2.01. The molecule has 1 aliphatic heterocycles. The molecule has 0 atom stereocenters. The van der Waals surface area contributed by atoms with Crippen molar-refractivity contribution in [3.8, 4) is 0 Å². The molecule has 0 aliphatic carbocycles. The monoisotopic (exact) mass is 338 g/mol. The molecule has 2 rings (SSSR count). The van der Waals surface area contributed by atoms with Crippen LogP contribution in [0.4, 0.5) is 0 Å². The zero-order valence-corrected chi connectivity index (χ0v) is 14.6. The van der Waals surface area contributed by atoms with Gasteiger partial charge in [0.15, 0.2) is 0 Å². The Hall–Kier alpha value is -1.14. The Morgan fingerprint density at radius 1 is 1.18 bits per heavy atom. The molecule has 1 saturated heterocycles. The largest absolute Gasteiger partial charge is 0.352 e. The Morgan fingerprint density at radius 2 is 1.82 bits per heavy atom. The first-order valence-electron chi connectivity index (χ1n) is 7.47. The second-order valence-electron chi connectivity index (χ2n) is 5.45. The van der Waals surface area contributed by atoms with Crippen LogP contribution in [0.5, 0.6) is 0 Å². The lowest BCUT2D eigenvalue weighted by Crippen LogP contribution is -2.39. The molecule has 1 heterocycles. The first-order chi connectivity index (χ1) is 10.6. The number of carbonyl (C=O) groups excluding carboxylic acids is 2. The van der Waals surface area contributed by atoms with E-state index in [1.807, 2.05) is 61.6 Å². The summed E-state index contributed by atoms with van der Waals surface area (Å²) in [5.41, 5.74) is 1.84. The van der Waals surface area contributed by atoms with Gasteiger partial charge in [-0.3, -0.25) is 9.59 Å². The molecule has 6 heteroatoms. The molecule has 2 N–H and O–H groups in total. The molecule has 1 aromatic rings. The van der Waals surface area contributed by atoms with E-state index < -0.39 is 0 Å². The lowest BCUT2D eigenvalue weighted by Gasteiger charge is -2.21. The highest BCUT2D eigenvalue weighted by molar-refractivity contribution is 8.16. The Kier molecular flexibility index (Phi) is 6.64. The van der Waals surface area contributed by atoms with Crippen LogP contribution in [0.1, 0.15) is 40.8 Å². The number of benzene rings is 1. The van der Waals surface area contributed by atoms with Crippen LogP contribution in [0.25, 0.3) is 0 Å². The van der Waals surface area contributed by atoms with Crippen molar-refractivity contribution < 1.29 is 9.59 Å². The predicted molar refractivity (Wildman–Crippen MR) is 94.3 cm³/mol. The summed E-state index contributed by atoms with van der Waals surface area (Å²) in [6.45, 7) is 3.78. The van der Waals surface area contributed by atoms with Gasteiger partial charge in [-0.05, 0) is 49.5 Å². The van der Waals surface area contributed by atoms with Gasteiger partial charge in [-0.1, -0.05) is 12.1 Å². The predicted octanol–water partition coefficient (Wildman–Crippen LogP) is 2.81.